The molecular formula is C31H44N4O5. The van der Waals surface area contributed by atoms with Gasteiger partial charge in [0.25, 0.3) is 5.91 Å². The van der Waals surface area contributed by atoms with Crippen molar-refractivity contribution >= 4 is 29.5 Å². The summed E-state index contributed by atoms with van der Waals surface area (Å²) in [7, 11) is 0. The van der Waals surface area contributed by atoms with Crippen molar-refractivity contribution in [1.29, 1.82) is 0 Å². The molecular weight excluding hydrogens is 508 g/mol. The lowest BCUT2D eigenvalue weighted by Crippen LogP contribution is -2.55. The quantitative estimate of drug-likeness (QED) is 0.337. The van der Waals surface area contributed by atoms with E-state index in [4.69, 9.17) is 10.5 Å². The summed E-state index contributed by atoms with van der Waals surface area (Å²) in [6.07, 6.45) is 0.0840. The fraction of sp³-hybridized carbons (Fsp3) is 0.484. The first-order valence-electron chi connectivity index (χ1n) is 13.7. The van der Waals surface area contributed by atoms with Gasteiger partial charge in [0.05, 0.1) is 6.42 Å². The number of ether oxygens (including phenoxy) is 1. The number of carbonyl (C=O) groups is 4. The number of primary amides is 1. The first kappa shape index (κ1) is 32.3. The van der Waals surface area contributed by atoms with Crippen LogP contribution in [-0.4, -0.2) is 46.4 Å². The zero-order valence-electron chi connectivity index (χ0n) is 24.7. The first-order chi connectivity index (χ1) is 18.7. The van der Waals surface area contributed by atoms with Gasteiger partial charge in [-0.3, -0.25) is 14.4 Å². The summed E-state index contributed by atoms with van der Waals surface area (Å²) in [6, 6.07) is 13.6. The Morgan fingerprint density at radius 1 is 0.925 bits per heavy atom. The van der Waals surface area contributed by atoms with Gasteiger partial charge in [0.2, 0.25) is 11.8 Å². The van der Waals surface area contributed by atoms with Crippen molar-refractivity contribution in [3.63, 3.8) is 0 Å². The minimum absolute atomic E-state index is 0.358. The van der Waals surface area contributed by atoms with Crippen molar-refractivity contribution in [1.82, 2.24) is 10.2 Å². The fourth-order valence-electron chi connectivity index (χ4n) is 4.33. The molecule has 9 heteroatoms. The Labute approximate surface area is 237 Å². The third-order valence-electron chi connectivity index (χ3n) is 6.33. The number of hydrogen-bond donors (Lipinski definition) is 3. The lowest BCUT2D eigenvalue weighted by atomic mass is 9.96. The molecule has 3 unspecified atom stereocenters. The molecule has 4 N–H and O–H groups in total. The maximum atomic E-state index is 14.3. The lowest BCUT2D eigenvalue weighted by Gasteiger charge is -2.38. The number of rotatable bonds is 12. The molecule has 0 spiro atoms. The smallest absolute Gasteiger partial charge is 0.408 e. The van der Waals surface area contributed by atoms with Crippen LogP contribution in [0.5, 0.6) is 0 Å². The first-order valence-corrected chi connectivity index (χ1v) is 13.7. The summed E-state index contributed by atoms with van der Waals surface area (Å²) < 4.78 is 5.35. The number of aryl methyl sites for hydroxylation is 1. The Balaban J connectivity index is 2.60. The number of benzene rings is 2. The normalized spacial score (nSPS) is 13.6. The van der Waals surface area contributed by atoms with Gasteiger partial charge in [-0.25, -0.2) is 4.79 Å². The van der Waals surface area contributed by atoms with Crippen molar-refractivity contribution in [2.45, 2.75) is 91.5 Å². The van der Waals surface area contributed by atoms with E-state index in [1.807, 2.05) is 38.1 Å². The molecule has 4 amide bonds. The predicted octanol–water partition coefficient (Wildman–Crippen LogP) is 5.10. The topological polar surface area (TPSA) is 131 Å². The van der Waals surface area contributed by atoms with Gasteiger partial charge in [-0.1, -0.05) is 62.4 Å². The van der Waals surface area contributed by atoms with E-state index < -0.39 is 54.0 Å². The molecule has 0 heterocycles. The van der Waals surface area contributed by atoms with Crippen molar-refractivity contribution in [2.75, 3.05) is 5.32 Å². The summed E-state index contributed by atoms with van der Waals surface area (Å²) >= 11 is 0. The van der Waals surface area contributed by atoms with Gasteiger partial charge in [-0.05, 0) is 70.6 Å². The van der Waals surface area contributed by atoms with Gasteiger partial charge in [-0.2, -0.15) is 0 Å². The Morgan fingerprint density at radius 3 is 2.08 bits per heavy atom. The Hall–Kier alpha value is -3.88. The number of amides is 4. The van der Waals surface area contributed by atoms with Gasteiger partial charge < -0.3 is 26.0 Å². The molecule has 0 aliphatic carbocycles. The van der Waals surface area contributed by atoms with E-state index >= 15 is 0 Å². The summed E-state index contributed by atoms with van der Waals surface area (Å²) in [5, 5.41) is 5.50. The Bertz CT molecular complexity index is 1160. The van der Waals surface area contributed by atoms with Crippen LogP contribution in [0.25, 0.3) is 0 Å². The maximum Gasteiger partial charge on any atom is 0.408 e. The number of hydrogen-bond acceptors (Lipinski definition) is 5. The second kappa shape index (κ2) is 14.5. The number of nitrogens with zero attached hydrogens (tertiary/aromatic N) is 1. The van der Waals surface area contributed by atoms with Crippen molar-refractivity contribution in [2.24, 2.45) is 11.7 Å². The Morgan fingerprint density at radius 2 is 1.52 bits per heavy atom. The van der Waals surface area contributed by atoms with Gasteiger partial charge in [0.15, 0.2) is 0 Å². The van der Waals surface area contributed by atoms with E-state index in [9.17, 15) is 19.2 Å². The van der Waals surface area contributed by atoms with Crippen LogP contribution in [0.15, 0.2) is 54.6 Å². The second-order valence-corrected chi connectivity index (χ2v) is 11.6. The zero-order chi connectivity index (χ0) is 30.0. The van der Waals surface area contributed by atoms with Crippen LogP contribution in [0.3, 0.4) is 0 Å². The summed E-state index contributed by atoms with van der Waals surface area (Å²) in [5.74, 6) is -1.43. The molecule has 0 aliphatic rings. The minimum atomic E-state index is -1.33. The summed E-state index contributed by atoms with van der Waals surface area (Å²) in [5.41, 5.74) is 6.75. The average Bonchev–Trinajstić information content (AvgIpc) is 2.85. The van der Waals surface area contributed by atoms with Crippen LogP contribution in [0.1, 0.15) is 78.0 Å². The molecule has 0 radical (unpaired) electrons. The van der Waals surface area contributed by atoms with Gasteiger partial charge in [-0.15, -0.1) is 0 Å². The molecule has 0 fully saturated rings. The number of nitrogens with two attached hydrogens (primary N) is 1. The van der Waals surface area contributed by atoms with Crippen molar-refractivity contribution in [3.05, 3.63) is 65.7 Å². The predicted molar refractivity (Wildman–Crippen MR) is 156 cm³/mol. The van der Waals surface area contributed by atoms with Crippen LogP contribution >= 0.6 is 0 Å². The zero-order valence-corrected chi connectivity index (χ0v) is 24.7. The number of para-hydroxylation sites is 1. The monoisotopic (exact) mass is 552 g/mol. The van der Waals surface area contributed by atoms with Crippen LogP contribution in [0.4, 0.5) is 10.5 Å². The molecule has 2 rings (SSSR count). The molecule has 9 nitrogen and oxygen atoms in total. The Kier molecular flexibility index (Phi) is 11.7. The number of nitrogens with one attached hydrogen (secondary N) is 2. The van der Waals surface area contributed by atoms with E-state index in [0.717, 1.165) is 12.0 Å². The number of anilines is 1. The van der Waals surface area contributed by atoms with E-state index in [-0.39, 0.29) is 0 Å². The molecule has 218 valence electrons. The van der Waals surface area contributed by atoms with Crippen LogP contribution < -0.4 is 16.4 Å². The molecule has 0 aliphatic heterocycles. The molecule has 2 aromatic carbocycles. The third-order valence-corrected chi connectivity index (χ3v) is 6.33. The molecule has 0 bridgehead atoms. The van der Waals surface area contributed by atoms with E-state index in [1.165, 1.54) is 4.90 Å². The fourth-order valence-corrected chi connectivity index (χ4v) is 4.33. The summed E-state index contributed by atoms with van der Waals surface area (Å²) in [4.78, 5) is 54.4. The molecule has 0 saturated carbocycles. The molecule has 40 heavy (non-hydrogen) atoms. The number of carbonyl (C=O) groups excluding carboxylic acids is 4. The van der Waals surface area contributed by atoms with E-state index in [2.05, 4.69) is 24.5 Å². The second-order valence-electron chi connectivity index (χ2n) is 11.6. The highest BCUT2D eigenvalue weighted by molar-refractivity contribution is 6.00. The van der Waals surface area contributed by atoms with Crippen molar-refractivity contribution < 1.29 is 23.9 Å². The van der Waals surface area contributed by atoms with Crippen LogP contribution in [-0.2, 0) is 19.1 Å². The van der Waals surface area contributed by atoms with Gasteiger partial charge in [0.1, 0.15) is 17.7 Å². The van der Waals surface area contributed by atoms with Crippen LogP contribution in [0.2, 0.25) is 0 Å². The lowest BCUT2D eigenvalue weighted by molar-refractivity contribution is -0.144. The summed E-state index contributed by atoms with van der Waals surface area (Å²) in [6.45, 7) is 13.0. The van der Waals surface area contributed by atoms with Gasteiger partial charge >= 0.3 is 6.09 Å². The molecule has 0 saturated heterocycles. The van der Waals surface area contributed by atoms with E-state index in [0.29, 0.717) is 23.6 Å². The standard InChI is InChI=1S/C31H44N4O5/c1-20(2)17-18-22(4)35(29(38)25(19-26(32)36)34-30(39)40-31(5,6)7)27(23-14-9-8-10-15-23)28(37)33-24-16-12-11-13-21(24)3/h8-16,20,22,25,27H,17-19H2,1-7H3,(H2,32,36)(H,33,37)(H,34,39). The van der Waals surface area contributed by atoms with Gasteiger partial charge in [0, 0.05) is 11.7 Å². The number of alkyl carbamates (subject to hydrolysis) is 1. The highest BCUT2D eigenvalue weighted by atomic mass is 16.6. The van der Waals surface area contributed by atoms with E-state index in [1.54, 1.807) is 51.1 Å². The largest absolute Gasteiger partial charge is 0.444 e. The molecule has 2 aromatic rings. The van der Waals surface area contributed by atoms with Crippen LogP contribution in [0, 0.1) is 12.8 Å². The highest BCUT2D eigenvalue weighted by Gasteiger charge is 2.39. The maximum absolute atomic E-state index is 14.3. The average molecular weight is 553 g/mol. The molecule has 3 atom stereocenters. The molecule has 0 aromatic heterocycles. The SMILES string of the molecule is Cc1ccccc1NC(=O)C(c1ccccc1)N(C(=O)C(CC(N)=O)NC(=O)OC(C)(C)C)C(C)CCC(C)C. The minimum Gasteiger partial charge on any atom is -0.444 e. The van der Waals surface area contributed by atoms with Crippen molar-refractivity contribution in [3.8, 4) is 0 Å². The highest BCUT2D eigenvalue weighted by Crippen LogP contribution is 2.29. The third kappa shape index (κ3) is 10.0.